The summed E-state index contributed by atoms with van der Waals surface area (Å²) in [4.78, 5) is 9.81. The molecule has 0 radical (unpaired) electrons. The molecule has 0 aliphatic heterocycles. The van der Waals surface area contributed by atoms with E-state index in [0.29, 0.717) is 5.82 Å². The van der Waals surface area contributed by atoms with E-state index in [4.69, 9.17) is 9.97 Å². The molecule has 0 spiro atoms. The van der Waals surface area contributed by atoms with E-state index >= 15 is 0 Å². The second-order valence-electron chi connectivity index (χ2n) is 6.45. The zero-order chi connectivity index (χ0) is 19.3. The second kappa shape index (κ2) is 7.92. The fraction of sp³-hybridized carbons (Fsp3) is 0.0833. The highest BCUT2D eigenvalue weighted by atomic mass is 14.9. The third-order valence-corrected chi connectivity index (χ3v) is 4.68. The van der Waals surface area contributed by atoms with Gasteiger partial charge in [-0.1, -0.05) is 60.7 Å². The molecular weight excluding hydrogens is 344 g/mol. The highest BCUT2D eigenvalue weighted by Crippen LogP contribution is 2.32. The predicted octanol–water partition coefficient (Wildman–Crippen LogP) is 5.56. The molecule has 0 unspecified atom stereocenters. The Labute approximate surface area is 165 Å². The molecular formula is C24H22N4. The van der Waals surface area contributed by atoms with Crippen molar-refractivity contribution in [2.24, 2.45) is 0 Å². The second-order valence-corrected chi connectivity index (χ2v) is 6.45. The van der Waals surface area contributed by atoms with Crippen LogP contribution < -0.4 is 10.6 Å². The summed E-state index contributed by atoms with van der Waals surface area (Å²) in [5.41, 5.74) is 6.91. The van der Waals surface area contributed by atoms with Gasteiger partial charge in [-0.25, -0.2) is 9.97 Å². The van der Waals surface area contributed by atoms with Gasteiger partial charge >= 0.3 is 0 Å². The van der Waals surface area contributed by atoms with Crippen molar-refractivity contribution in [1.29, 1.82) is 0 Å². The lowest BCUT2D eigenvalue weighted by Gasteiger charge is -2.13. The average molecular weight is 366 g/mol. The smallest absolute Gasteiger partial charge is 0.162 e. The minimum atomic E-state index is 0.696. The van der Waals surface area contributed by atoms with Crippen molar-refractivity contribution in [3.8, 4) is 33.9 Å². The van der Waals surface area contributed by atoms with Crippen LogP contribution in [0.5, 0.6) is 0 Å². The van der Waals surface area contributed by atoms with Gasteiger partial charge in [0.05, 0.1) is 11.4 Å². The van der Waals surface area contributed by atoms with E-state index in [2.05, 4.69) is 47.0 Å². The molecule has 4 rings (SSSR count). The van der Waals surface area contributed by atoms with Crippen LogP contribution in [0.4, 0.5) is 11.4 Å². The molecule has 4 heteroatoms. The Kier molecular flexibility index (Phi) is 5.02. The molecule has 1 aromatic heterocycles. The number of benzene rings is 3. The monoisotopic (exact) mass is 366 g/mol. The van der Waals surface area contributed by atoms with Gasteiger partial charge in [0.25, 0.3) is 0 Å². The van der Waals surface area contributed by atoms with Crippen molar-refractivity contribution in [2.45, 2.75) is 0 Å². The maximum Gasteiger partial charge on any atom is 0.162 e. The van der Waals surface area contributed by atoms with Crippen LogP contribution in [-0.2, 0) is 0 Å². The average Bonchev–Trinajstić information content (AvgIpc) is 2.79. The molecule has 2 N–H and O–H groups in total. The highest BCUT2D eigenvalue weighted by molar-refractivity contribution is 5.80. The summed E-state index contributed by atoms with van der Waals surface area (Å²) >= 11 is 0. The maximum atomic E-state index is 4.90. The van der Waals surface area contributed by atoms with Crippen LogP contribution in [-0.4, -0.2) is 24.1 Å². The van der Waals surface area contributed by atoms with E-state index in [-0.39, 0.29) is 0 Å². The Bertz CT molecular complexity index is 1020. The van der Waals surface area contributed by atoms with Gasteiger partial charge in [0.1, 0.15) is 0 Å². The molecule has 0 amide bonds. The van der Waals surface area contributed by atoms with Crippen LogP contribution in [0.25, 0.3) is 33.9 Å². The molecule has 4 nitrogen and oxygen atoms in total. The predicted molar refractivity (Wildman–Crippen MR) is 117 cm³/mol. The number of hydrogen-bond donors (Lipinski definition) is 2. The van der Waals surface area contributed by atoms with Gasteiger partial charge in [-0.15, -0.1) is 0 Å². The molecule has 138 valence electrons. The Morgan fingerprint density at radius 1 is 0.607 bits per heavy atom. The van der Waals surface area contributed by atoms with E-state index in [1.54, 1.807) is 0 Å². The Morgan fingerprint density at radius 2 is 1.18 bits per heavy atom. The molecule has 0 fully saturated rings. The molecule has 0 saturated heterocycles. The zero-order valence-electron chi connectivity index (χ0n) is 16.0. The summed E-state index contributed by atoms with van der Waals surface area (Å²) < 4.78 is 0. The summed E-state index contributed by atoms with van der Waals surface area (Å²) in [6, 6.07) is 28.6. The third kappa shape index (κ3) is 3.58. The van der Waals surface area contributed by atoms with Crippen molar-refractivity contribution in [1.82, 2.24) is 9.97 Å². The largest absolute Gasteiger partial charge is 0.388 e. The van der Waals surface area contributed by atoms with Crippen molar-refractivity contribution in [3.05, 3.63) is 84.9 Å². The lowest BCUT2D eigenvalue weighted by Crippen LogP contribution is -2.00. The molecule has 3 aromatic carbocycles. The first-order valence-corrected chi connectivity index (χ1v) is 9.28. The quantitative estimate of drug-likeness (QED) is 0.485. The first kappa shape index (κ1) is 17.7. The minimum Gasteiger partial charge on any atom is -0.388 e. The lowest BCUT2D eigenvalue weighted by atomic mass is 10.1. The van der Waals surface area contributed by atoms with Crippen LogP contribution in [0.1, 0.15) is 0 Å². The fourth-order valence-corrected chi connectivity index (χ4v) is 3.18. The van der Waals surface area contributed by atoms with E-state index in [0.717, 1.165) is 39.5 Å². The van der Waals surface area contributed by atoms with Crippen LogP contribution >= 0.6 is 0 Å². The number of nitrogens with zero attached hydrogens (tertiary/aromatic N) is 2. The first-order chi connectivity index (χ1) is 13.8. The standard InChI is InChI=1S/C24H22N4/c1-25-19-13-14-21(26-2)20(15-19)24-27-22(17-9-5-3-6-10-17)16-23(28-24)18-11-7-4-8-12-18/h3-16,25-26H,1-2H3. The molecule has 0 atom stereocenters. The Hall–Kier alpha value is -3.66. The fourth-order valence-electron chi connectivity index (χ4n) is 3.18. The highest BCUT2D eigenvalue weighted by Gasteiger charge is 2.13. The van der Waals surface area contributed by atoms with Crippen molar-refractivity contribution in [2.75, 3.05) is 24.7 Å². The molecule has 1 heterocycles. The number of hydrogen-bond acceptors (Lipinski definition) is 4. The maximum absolute atomic E-state index is 4.90. The van der Waals surface area contributed by atoms with Gasteiger partial charge < -0.3 is 10.6 Å². The van der Waals surface area contributed by atoms with E-state index < -0.39 is 0 Å². The number of anilines is 2. The van der Waals surface area contributed by atoms with E-state index in [9.17, 15) is 0 Å². The molecule has 0 aliphatic rings. The molecule has 28 heavy (non-hydrogen) atoms. The lowest BCUT2D eigenvalue weighted by molar-refractivity contribution is 1.18. The van der Waals surface area contributed by atoms with Gasteiger partial charge in [-0.2, -0.15) is 0 Å². The number of aromatic nitrogens is 2. The SMILES string of the molecule is CNc1ccc(NC)c(-c2nc(-c3ccccc3)cc(-c3ccccc3)n2)c1. The third-order valence-electron chi connectivity index (χ3n) is 4.68. The van der Waals surface area contributed by atoms with Gasteiger partial charge in [0, 0.05) is 42.2 Å². The van der Waals surface area contributed by atoms with Crippen molar-refractivity contribution < 1.29 is 0 Å². The van der Waals surface area contributed by atoms with Gasteiger partial charge in [-0.3, -0.25) is 0 Å². The van der Waals surface area contributed by atoms with Crippen molar-refractivity contribution >= 4 is 11.4 Å². The Balaban J connectivity index is 1.95. The van der Waals surface area contributed by atoms with Crippen molar-refractivity contribution in [3.63, 3.8) is 0 Å². The number of rotatable bonds is 5. The van der Waals surface area contributed by atoms with Gasteiger partial charge in [0.2, 0.25) is 0 Å². The van der Waals surface area contributed by atoms with E-state index in [1.807, 2.05) is 62.6 Å². The van der Waals surface area contributed by atoms with Gasteiger partial charge in [0.15, 0.2) is 5.82 Å². The first-order valence-electron chi connectivity index (χ1n) is 9.28. The van der Waals surface area contributed by atoms with Gasteiger partial charge in [-0.05, 0) is 24.3 Å². The Morgan fingerprint density at radius 3 is 1.68 bits per heavy atom. The minimum absolute atomic E-state index is 0.696. The molecule has 4 aromatic rings. The number of nitrogens with one attached hydrogen (secondary N) is 2. The topological polar surface area (TPSA) is 49.8 Å². The summed E-state index contributed by atoms with van der Waals surface area (Å²) in [5, 5.41) is 6.45. The normalized spacial score (nSPS) is 10.5. The van der Waals surface area contributed by atoms with Crippen LogP contribution in [0.3, 0.4) is 0 Å². The van der Waals surface area contributed by atoms with Crippen LogP contribution in [0, 0.1) is 0 Å². The van der Waals surface area contributed by atoms with Crippen LogP contribution in [0.2, 0.25) is 0 Å². The molecule has 0 saturated carbocycles. The van der Waals surface area contributed by atoms with Crippen LogP contribution in [0.15, 0.2) is 84.9 Å². The molecule has 0 bridgehead atoms. The summed E-state index contributed by atoms with van der Waals surface area (Å²) in [7, 11) is 3.83. The summed E-state index contributed by atoms with van der Waals surface area (Å²) in [5.74, 6) is 0.696. The van der Waals surface area contributed by atoms with E-state index in [1.165, 1.54) is 0 Å². The zero-order valence-corrected chi connectivity index (χ0v) is 16.0. The summed E-state index contributed by atoms with van der Waals surface area (Å²) in [6.07, 6.45) is 0. The summed E-state index contributed by atoms with van der Waals surface area (Å²) in [6.45, 7) is 0. The molecule has 0 aliphatic carbocycles.